The summed E-state index contributed by atoms with van der Waals surface area (Å²) in [5, 5.41) is 9.85. The van der Waals surface area contributed by atoms with E-state index < -0.39 is 0 Å². The summed E-state index contributed by atoms with van der Waals surface area (Å²) in [6.07, 6.45) is 0.622. The predicted molar refractivity (Wildman–Crippen MR) is 135 cm³/mol. The van der Waals surface area contributed by atoms with Crippen molar-refractivity contribution in [2.75, 3.05) is 0 Å². The van der Waals surface area contributed by atoms with Crippen LogP contribution in [0.1, 0.15) is 61.7 Å². The highest BCUT2D eigenvalue weighted by atomic mass is 16.5. The Hall–Kier alpha value is -3.59. The van der Waals surface area contributed by atoms with Crippen molar-refractivity contribution in [3.05, 3.63) is 113 Å². The van der Waals surface area contributed by atoms with Crippen molar-refractivity contribution in [2.24, 2.45) is 5.10 Å². The van der Waals surface area contributed by atoms with Gasteiger partial charge in [0.2, 0.25) is 6.23 Å². The molecule has 164 valence electrons. The van der Waals surface area contributed by atoms with Crippen LogP contribution < -0.4 is 4.74 Å². The fourth-order valence-corrected chi connectivity index (χ4v) is 5.04. The highest BCUT2D eigenvalue weighted by molar-refractivity contribution is 6.11. The van der Waals surface area contributed by atoms with Crippen molar-refractivity contribution >= 4 is 16.5 Å². The molecule has 3 nitrogen and oxygen atoms in total. The van der Waals surface area contributed by atoms with E-state index in [9.17, 15) is 0 Å². The minimum atomic E-state index is -0.244. The summed E-state index contributed by atoms with van der Waals surface area (Å²) in [5.74, 6) is 0.956. The lowest BCUT2D eigenvalue weighted by molar-refractivity contribution is -0.0190. The van der Waals surface area contributed by atoms with Crippen LogP contribution in [0, 0.1) is 0 Å². The number of para-hydroxylation sites is 1. The molecule has 0 bridgehead atoms. The first kappa shape index (κ1) is 20.0. The first-order valence-electron chi connectivity index (χ1n) is 11.7. The molecular formula is C30H28N2O. The highest BCUT2D eigenvalue weighted by Gasteiger charge is 2.41. The number of hydrogen-bond acceptors (Lipinski definition) is 3. The van der Waals surface area contributed by atoms with Gasteiger partial charge < -0.3 is 4.74 Å². The monoisotopic (exact) mass is 432 g/mol. The summed E-state index contributed by atoms with van der Waals surface area (Å²) in [5.41, 5.74) is 6.11. The number of rotatable bonds is 2. The molecule has 4 aromatic carbocycles. The highest BCUT2D eigenvalue weighted by Crippen LogP contribution is 2.47. The first-order chi connectivity index (χ1) is 16.0. The number of ether oxygens (including phenoxy) is 1. The van der Waals surface area contributed by atoms with Gasteiger partial charge in [-0.2, -0.15) is 5.10 Å². The van der Waals surface area contributed by atoms with Crippen LogP contribution in [-0.4, -0.2) is 10.7 Å². The van der Waals surface area contributed by atoms with Crippen LogP contribution in [0.4, 0.5) is 0 Å². The van der Waals surface area contributed by atoms with Gasteiger partial charge in [-0.05, 0) is 27.8 Å². The fourth-order valence-electron chi connectivity index (χ4n) is 5.04. The van der Waals surface area contributed by atoms with E-state index in [1.165, 1.54) is 27.5 Å². The normalized spacial score (nSPS) is 19.6. The third-order valence-electron chi connectivity index (χ3n) is 6.86. The molecule has 2 atom stereocenters. The Labute approximate surface area is 195 Å². The molecule has 6 rings (SSSR count). The van der Waals surface area contributed by atoms with E-state index in [-0.39, 0.29) is 17.7 Å². The summed E-state index contributed by atoms with van der Waals surface area (Å²) in [7, 11) is 0. The molecule has 0 saturated carbocycles. The minimum absolute atomic E-state index is 0.119. The van der Waals surface area contributed by atoms with E-state index in [4.69, 9.17) is 9.84 Å². The van der Waals surface area contributed by atoms with Crippen molar-refractivity contribution in [2.45, 2.75) is 44.9 Å². The lowest BCUT2D eigenvalue weighted by atomic mass is 9.86. The average Bonchev–Trinajstić information content (AvgIpc) is 3.28. The van der Waals surface area contributed by atoms with Crippen molar-refractivity contribution in [3.63, 3.8) is 0 Å². The minimum Gasteiger partial charge on any atom is -0.464 e. The molecule has 0 fully saturated rings. The molecular weight excluding hydrogens is 404 g/mol. The molecule has 4 aromatic rings. The van der Waals surface area contributed by atoms with Crippen molar-refractivity contribution < 1.29 is 4.74 Å². The molecule has 0 amide bonds. The molecule has 3 heteroatoms. The molecule has 0 aliphatic carbocycles. The van der Waals surface area contributed by atoms with Gasteiger partial charge in [0.05, 0.1) is 11.8 Å². The molecule has 0 radical (unpaired) electrons. The largest absolute Gasteiger partial charge is 0.464 e. The van der Waals surface area contributed by atoms with Crippen molar-refractivity contribution in [1.82, 2.24) is 5.01 Å². The molecule has 2 aliphatic rings. The molecule has 0 aromatic heterocycles. The Balaban J connectivity index is 1.45. The van der Waals surface area contributed by atoms with Crippen LogP contribution in [-0.2, 0) is 5.41 Å². The summed E-state index contributed by atoms with van der Waals surface area (Å²) < 4.78 is 6.55. The third kappa shape index (κ3) is 3.39. The molecule has 33 heavy (non-hydrogen) atoms. The van der Waals surface area contributed by atoms with Crippen LogP contribution in [0.3, 0.4) is 0 Å². The van der Waals surface area contributed by atoms with Crippen LogP contribution in [0.5, 0.6) is 5.75 Å². The van der Waals surface area contributed by atoms with Crippen LogP contribution in [0.2, 0.25) is 0 Å². The smallest absolute Gasteiger partial charge is 0.213 e. The van der Waals surface area contributed by atoms with Gasteiger partial charge in [-0.15, -0.1) is 0 Å². The second-order valence-corrected chi connectivity index (χ2v) is 10.1. The van der Waals surface area contributed by atoms with Crippen molar-refractivity contribution in [3.8, 4) is 5.75 Å². The van der Waals surface area contributed by atoms with Gasteiger partial charge in [0, 0.05) is 23.1 Å². The van der Waals surface area contributed by atoms with Gasteiger partial charge >= 0.3 is 0 Å². The Bertz CT molecular complexity index is 1360. The van der Waals surface area contributed by atoms with Gasteiger partial charge in [0.15, 0.2) is 0 Å². The fraction of sp³-hybridized carbons (Fsp3) is 0.233. The maximum atomic E-state index is 6.55. The molecule has 0 unspecified atom stereocenters. The van der Waals surface area contributed by atoms with E-state index in [0.29, 0.717) is 0 Å². The molecule has 0 saturated heterocycles. The maximum absolute atomic E-state index is 6.55. The zero-order valence-electron chi connectivity index (χ0n) is 19.3. The number of hydrazone groups is 1. The number of benzene rings is 4. The summed E-state index contributed by atoms with van der Waals surface area (Å²) >= 11 is 0. The second kappa shape index (κ2) is 7.48. The van der Waals surface area contributed by atoms with E-state index >= 15 is 0 Å². The van der Waals surface area contributed by atoms with Gasteiger partial charge in [0.1, 0.15) is 5.75 Å². The van der Waals surface area contributed by atoms with E-state index in [1.807, 2.05) is 0 Å². The number of nitrogens with zero attached hydrogens (tertiary/aromatic N) is 2. The van der Waals surface area contributed by atoms with Gasteiger partial charge in [-0.1, -0.05) is 106 Å². The van der Waals surface area contributed by atoms with Crippen molar-refractivity contribution in [1.29, 1.82) is 0 Å². The van der Waals surface area contributed by atoms with E-state index in [2.05, 4.69) is 117 Å². The molecule has 2 aliphatic heterocycles. The predicted octanol–water partition coefficient (Wildman–Crippen LogP) is 7.38. The van der Waals surface area contributed by atoms with Gasteiger partial charge in [-0.25, -0.2) is 5.01 Å². The third-order valence-corrected chi connectivity index (χ3v) is 6.86. The Morgan fingerprint density at radius 1 is 0.818 bits per heavy atom. The Morgan fingerprint density at radius 3 is 2.36 bits per heavy atom. The number of hydrogen-bond donors (Lipinski definition) is 0. The number of fused-ring (bicyclic) bond motifs is 4. The quantitative estimate of drug-likeness (QED) is 0.330. The lowest BCUT2D eigenvalue weighted by Gasteiger charge is -2.38. The first-order valence-corrected chi connectivity index (χ1v) is 11.7. The van der Waals surface area contributed by atoms with E-state index in [0.717, 1.165) is 23.4 Å². The standard InChI is InChI=1S/C30H28N2O/c1-30(2,3)22-17-15-21(16-18-22)29-32-27(25-12-6-7-14-28(25)33-29)19-26(31-32)24-13-8-10-20-9-4-5-11-23(20)24/h4-18,27,29H,19H2,1-3H3/t27-,29-/m0/s1. The lowest BCUT2D eigenvalue weighted by Crippen LogP contribution is -2.33. The van der Waals surface area contributed by atoms with E-state index in [1.54, 1.807) is 0 Å². The topological polar surface area (TPSA) is 24.8 Å². The van der Waals surface area contributed by atoms with Gasteiger partial charge in [-0.3, -0.25) is 0 Å². The Kier molecular flexibility index (Phi) is 4.55. The SMILES string of the molecule is CC(C)(C)c1ccc([C@@H]2Oc3ccccc3[C@@H]3CC(c4cccc5ccccc45)=NN32)cc1. The van der Waals surface area contributed by atoms with Crippen LogP contribution in [0.15, 0.2) is 96.1 Å². The average molecular weight is 433 g/mol. The molecule has 0 spiro atoms. The summed E-state index contributed by atoms with van der Waals surface area (Å²) in [6, 6.07) is 32.4. The molecule has 0 N–H and O–H groups in total. The second-order valence-electron chi connectivity index (χ2n) is 10.1. The van der Waals surface area contributed by atoms with Crippen LogP contribution in [0.25, 0.3) is 10.8 Å². The summed E-state index contributed by atoms with van der Waals surface area (Å²) in [4.78, 5) is 0. The zero-order chi connectivity index (χ0) is 22.6. The van der Waals surface area contributed by atoms with Crippen LogP contribution >= 0.6 is 0 Å². The maximum Gasteiger partial charge on any atom is 0.213 e. The summed E-state index contributed by atoms with van der Waals surface area (Å²) in [6.45, 7) is 6.73. The van der Waals surface area contributed by atoms with Gasteiger partial charge in [0.25, 0.3) is 0 Å². The Morgan fingerprint density at radius 2 is 1.55 bits per heavy atom. The zero-order valence-corrected chi connectivity index (χ0v) is 19.3. The molecule has 2 heterocycles.